The lowest BCUT2D eigenvalue weighted by atomic mass is 10.0. The van der Waals surface area contributed by atoms with E-state index in [1.54, 1.807) is 0 Å². The van der Waals surface area contributed by atoms with Gasteiger partial charge in [-0.3, -0.25) is 0 Å². The first-order valence-corrected chi connectivity index (χ1v) is 3.50. The van der Waals surface area contributed by atoms with Gasteiger partial charge in [-0.2, -0.15) is 0 Å². The molecule has 0 radical (unpaired) electrons. The SMILES string of the molecule is C=C1C[C@@H](C)O[C@@H](C)C1. The molecule has 0 bridgehead atoms. The fourth-order valence-corrected chi connectivity index (χ4v) is 1.39. The van der Waals surface area contributed by atoms with E-state index in [0.29, 0.717) is 12.2 Å². The predicted molar refractivity (Wildman–Crippen MR) is 38.4 cm³/mol. The molecule has 1 rings (SSSR count). The second kappa shape index (κ2) is 2.53. The van der Waals surface area contributed by atoms with Gasteiger partial charge >= 0.3 is 0 Å². The highest BCUT2D eigenvalue weighted by atomic mass is 16.5. The molecule has 0 spiro atoms. The molecule has 0 unspecified atom stereocenters. The molecule has 0 aliphatic carbocycles. The first-order chi connectivity index (χ1) is 4.18. The van der Waals surface area contributed by atoms with Crippen molar-refractivity contribution in [1.82, 2.24) is 0 Å². The molecule has 9 heavy (non-hydrogen) atoms. The molecule has 52 valence electrons. The van der Waals surface area contributed by atoms with E-state index in [-0.39, 0.29) is 0 Å². The van der Waals surface area contributed by atoms with Crippen LogP contribution in [0.15, 0.2) is 12.2 Å². The quantitative estimate of drug-likeness (QED) is 0.452. The van der Waals surface area contributed by atoms with Gasteiger partial charge in [0.2, 0.25) is 0 Å². The van der Waals surface area contributed by atoms with Crippen molar-refractivity contribution in [3.63, 3.8) is 0 Å². The summed E-state index contributed by atoms with van der Waals surface area (Å²) in [7, 11) is 0. The van der Waals surface area contributed by atoms with Gasteiger partial charge in [-0.05, 0) is 26.7 Å². The molecule has 1 saturated heterocycles. The van der Waals surface area contributed by atoms with Gasteiger partial charge in [0.25, 0.3) is 0 Å². The molecular formula is C8H14O. The van der Waals surface area contributed by atoms with Crippen molar-refractivity contribution in [2.45, 2.75) is 38.9 Å². The Balaban J connectivity index is 2.43. The van der Waals surface area contributed by atoms with Crippen LogP contribution in [0.1, 0.15) is 26.7 Å². The normalized spacial score (nSPS) is 36.9. The summed E-state index contributed by atoms with van der Waals surface area (Å²) in [4.78, 5) is 0. The highest BCUT2D eigenvalue weighted by molar-refractivity contribution is 5.00. The van der Waals surface area contributed by atoms with E-state index in [4.69, 9.17) is 4.74 Å². The average Bonchev–Trinajstić information content (AvgIpc) is 1.59. The molecule has 0 aromatic rings. The summed E-state index contributed by atoms with van der Waals surface area (Å²) >= 11 is 0. The molecule has 1 aliphatic rings. The largest absolute Gasteiger partial charge is 0.375 e. The van der Waals surface area contributed by atoms with Crippen LogP contribution < -0.4 is 0 Å². The minimum atomic E-state index is 0.390. The molecule has 1 heteroatoms. The maximum Gasteiger partial charge on any atom is 0.0587 e. The van der Waals surface area contributed by atoms with Gasteiger partial charge in [0.05, 0.1) is 12.2 Å². The number of hydrogen-bond acceptors (Lipinski definition) is 1. The summed E-state index contributed by atoms with van der Waals surface area (Å²) in [5.41, 5.74) is 1.33. The maximum absolute atomic E-state index is 5.50. The van der Waals surface area contributed by atoms with Crippen LogP contribution in [0.25, 0.3) is 0 Å². The summed E-state index contributed by atoms with van der Waals surface area (Å²) < 4.78 is 5.50. The Kier molecular flexibility index (Phi) is 1.91. The third-order valence-corrected chi connectivity index (χ3v) is 1.62. The van der Waals surface area contributed by atoms with Crippen molar-refractivity contribution in [2.75, 3.05) is 0 Å². The highest BCUT2D eigenvalue weighted by Gasteiger charge is 2.16. The summed E-state index contributed by atoms with van der Waals surface area (Å²) in [6.07, 6.45) is 2.87. The Bertz CT molecular complexity index is 106. The topological polar surface area (TPSA) is 9.23 Å². The molecule has 2 atom stereocenters. The monoisotopic (exact) mass is 126 g/mol. The maximum atomic E-state index is 5.50. The molecule has 1 nitrogen and oxygen atoms in total. The van der Waals surface area contributed by atoms with Gasteiger partial charge in [0.1, 0.15) is 0 Å². The first-order valence-electron chi connectivity index (χ1n) is 3.50. The zero-order valence-electron chi connectivity index (χ0n) is 6.18. The van der Waals surface area contributed by atoms with E-state index in [9.17, 15) is 0 Å². The number of hydrogen-bond donors (Lipinski definition) is 0. The van der Waals surface area contributed by atoms with E-state index in [0.717, 1.165) is 12.8 Å². The third-order valence-electron chi connectivity index (χ3n) is 1.62. The van der Waals surface area contributed by atoms with Crippen LogP contribution in [0.2, 0.25) is 0 Å². The Morgan fingerprint density at radius 3 is 2.11 bits per heavy atom. The zero-order chi connectivity index (χ0) is 6.85. The van der Waals surface area contributed by atoms with Gasteiger partial charge < -0.3 is 4.74 Å². The molecule has 1 heterocycles. The van der Waals surface area contributed by atoms with Gasteiger partial charge in [-0.1, -0.05) is 12.2 Å². The zero-order valence-corrected chi connectivity index (χ0v) is 6.18. The number of rotatable bonds is 0. The minimum Gasteiger partial charge on any atom is -0.375 e. The Morgan fingerprint density at radius 1 is 1.33 bits per heavy atom. The molecule has 0 N–H and O–H groups in total. The fraction of sp³-hybridized carbons (Fsp3) is 0.750. The lowest BCUT2D eigenvalue weighted by molar-refractivity contribution is -0.0101. The van der Waals surface area contributed by atoms with E-state index in [2.05, 4.69) is 20.4 Å². The fourth-order valence-electron chi connectivity index (χ4n) is 1.39. The molecule has 1 fully saturated rings. The van der Waals surface area contributed by atoms with Gasteiger partial charge in [-0.15, -0.1) is 0 Å². The Hall–Kier alpha value is -0.300. The van der Waals surface area contributed by atoms with Crippen LogP contribution >= 0.6 is 0 Å². The van der Waals surface area contributed by atoms with Crippen molar-refractivity contribution in [3.8, 4) is 0 Å². The first kappa shape index (κ1) is 6.81. The van der Waals surface area contributed by atoms with Crippen molar-refractivity contribution in [2.24, 2.45) is 0 Å². The van der Waals surface area contributed by atoms with E-state index in [1.165, 1.54) is 5.57 Å². The van der Waals surface area contributed by atoms with Gasteiger partial charge in [0, 0.05) is 0 Å². The highest BCUT2D eigenvalue weighted by Crippen LogP contribution is 2.21. The van der Waals surface area contributed by atoms with Crippen LogP contribution in [0.4, 0.5) is 0 Å². The lowest BCUT2D eigenvalue weighted by Gasteiger charge is -2.26. The average molecular weight is 126 g/mol. The molecule has 0 saturated carbocycles. The van der Waals surface area contributed by atoms with Crippen molar-refractivity contribution < 1.29 is 4.74 Å². The molecule has 1 aliphatic heterocycles. The van der Waals surface area contributed by atoms with Crippen molar-refractivity contribution >= 4 is 0 Å². The predicted octanol–water partition coefficient (Wildman–Crippen LogP) is 2.13. The van der Waals surface area contributed by atoms with Crippen LogP contribution in [0.3, 0.4) is 0 Å². The van der Waals surface area contributed by atoms with Crippen LogP contribution in [0, 0.1) is 0 Å². The van der Waals surface area contributed by atoms with E-state index < -0.39 is 0 Å². The third kappa shape index (κ3) is 1.83. The number of ether oxygens (including phenoxy) is 1. The lowest BCUT2D eigenvalue weighted by Crippen LogP contribution is -2.23. The summed E-state index contributed by atoms with van der Waals surface area (Å²) in [5.74, 6) is 0. The van der Waals surface area contributed by atoms with Crippen molar-refractivity contribution in [3.05, 3.63) is 12.2 Å². The molecular weight excluding hydrogens is 112 g/mol. The van der Waals surface area contributed by atoms with E-state index in [1.807, 2.05) is 0 Å². The minimum absolute atomic E-state index is 0.390. The Morgan fingerprint density at radius 2 is 1.78 bits per heavy atom. The van der Waals surface area contributed by atoms with Crippen LogP contribution in [-0.2, 0) is 4.74 Å². The molecule has 0 aromatic heterocycles. The smallest absolute Gasteiger partial charge is 0.0587 e. The standard InChI is InChI=1S/C8H14O/c1-6-4-7(2)9-8(3)5-6/h7-8H,1,4-5H2,2-3H3/t7-,8+. The molecule has 0 amide bonds. The van der Waals surface area contributed by atoms with Crippen LogP contribution in [-0.4, -0.2) is 12.2 Å². The second-order valence-electron chi connectivity index (χ2n) is 2.92. The van der Waals surface area contributed by atoms with Crippen molar-refractivity contribution in [1.29, 1.82) is 0 Å². The Labute approximate surface area is 56.7 Å². The van der Waals surface area contributed by atoms with E-state index >= 15 is 0 Å². The summed E-state index contributed by atoms with van der Waals surface area (Å²) in [5, 5.41) is 0. The molecule has 0 aromatic carbocycles. The summed E-state index contributed by atoms with van der Waals surface area (Å²) in [6.45, 7) is 8.13. The van der Waals surface area contributed by atoms with Gasteiger partial charge in [-0.25, -0.2) is 0 Å². The van der Waals surface area contributed by atoms with Crippen LogP contribution in [0.5, 0.6) is 0 Å². The second-order valence-corrected chi connectivity index (χ2v) is 2.92. The summed E-state index contributed by atoms with van der Waals surface area (Å²) in [6, 6.07) is 0. The van der Waals surface area contributed by atoms with Gasteiger partial charge in [0.15, 0.2) is 0 Å².